The van der Waals surface area contributed by atoms with Crippen molar-refractivity contribution in [2.24, 2.45) is 10.8 Å². The van der Waals surface area contributed by atoms with E-state index in [1.165, 1.54) is 38.9 Å². The topological polar surface area (TPSA) is 15.3 Å². The van der Waals surface area contributed by atoms with Crippen LogP contribution in [0, 0.1) is 10.8 Å². The predicted molar refractivity (Wildman–Crippen MR) is 76.4 cm³/mol. The first-order valence-corrected chi connectivity index (χ1v) is 7.34. The summed E-state index contributed by atoms with van der Waals surface area (Å²) in [6.45, 7) is 17.8. The standard InChI is InChI=1S/C15H32N2/c1-6-8-15(5,11-16-7-2)13-17-10-9-14(3,4)12-17/h16H,6-13H2,1-5H3. The minimum Gasteiger partial charge on any atom is -0.316 e. The Morgan fingerprint density at radius 2 is 2.00 bits per heavy atom. The number of hydrogen-bond donors (Lipinski definition) is 1. The van der Waals surface area contributed by atoms with Crippen molar-refractivity contribution in [3.05, 3.63) is 0 Å². The summed E-state index contributed by atoms with van der Waals surface area (Å²) in [6, 6.07) is 0. The van der Waals surface area contributed by atoms with Crippen LogP contribution in [0.3, 0.4) is 0 Å². The minimum atomic E-state index is 0.450. The van der Waals surface area contributed by atoms with Crippen molar-refractivity contribution in [2.45, 2.75) is 53.9 Å². The lowest BCUT2D eigenvalue weighted by Gasteiger charge is -2.34. The van der Waals surface area contributed by atoms with Gasteiger partial charge in [0.25, 0.3) is 0 Å². The van der Waals surface area contributed by atoms with Gasteiger partial charge in [0.1, 0.15) is 0 Å². The van der Waals surface area contributed by atoms with Crippen LogP contribution >= 0.6 is 0 Å². The molecule has 1 aliphatic rings. The average Bonchev–Trinajstić information content (AvgIpc) is 2.55. The van der Waals surface area contributed by atoms with Gasteiger partial charge in [0.15, 0.2) is 0 Å². The number of nitrogens with zero attached hydrogens (tertiary/aromatic N) is 1. The van der Waals surface area contributed by atoms with Crippen LogP contribution in [0.1, 0.15) is 53.9 Å². The highest BCUT2D eigenvalue weighted by molar-refractivity contribution is 4.87. The van der Waals surface area contributed by atoms with Gasteiger partial charge in [0, 0.05) is 19.6 Å². The van der Waals surface area contributed by atoms with Gasteiger partial charge in [0.2, 0.25) is 0 Å². The van der Waals surface area contributed by atoms with Crippen molar-refractivity contribution in [3.63, 3.8) is 0 Å². The molecule has 1 unspecified atom stereocenters. The van der Waals surface area contributed by atoms with Crippen molar-refractivity contribution in [1.82, 2.24) is 10.2 Å². The molecule has 0 bridgehead atoms. The second-order valence-electron chi connectivity index (χ2n) is 6.97. The molecule has 1 aliphatic heterocycles. The molecule has 1 heterocycles. The molecule has 2 nitrogen and oxygen atoms in total. The van der Waals surface area contributed by atoms with Crippen LogP contribution in [-0.2, 0) is 0 Å². The Labute approximate surface area is 108 Å². The summed E-state index contributed by atoms with van der Waals surface area (Å²) < 4.78 is 0. The normalized spacial score (nSPS) is 23.8. The molecule has 0 saturated carbocycles. The fraction of sp³-hybridized carbons (Fsp3) is 1.00. The molecule has 0 aromatic heterocycles. The van der Waals surface area contributed by atoms with Crippen LogP contribution in [0.15, 0.2) is 0 Å². The molecule has 0 aliphatic carbocycles. The molecule has 1 atom stereocenters. The molecule has 1 saturated heterocycles. The van der Waals surface area contributed by atoms with Crippen LogP contribution in [0.25, 0.3) is 0 Å². The summed E-state index contributed by atoms with van der Waals surface area (Å²) in [5.41, 5.74) is 0.983. The van der Waals surface area contributed by atoms with Gasteiger partial charge >= 0.3 is 0 Å². The van der Waals surface area contributed by atoms with Crippen LogP contribution in [0.2, 0.25) is 0 Å². The highest BCUT2D eigenvalue weighted by Gasteiger charge is 2.33. The Hall–Kier alpha value is -0.0800. The van der Waals surface area contributed by atoms with Gasteiger partial charge in [-0.25, -0.2) is 0 Å². The molecule has 17 heavy (non-hydrogen) atoms. The Morgan fingerprint density at radius 1 is 1.29 bits per heavy atom. The maximum absolute atomic E-state index is 3.54. The van der Waals surface area contributed by atoms with E-state index >= 15 is 0 Å². The van der Waals surface area contributed by atoms with E-state index in [1.54, 1.807) is 0 Å². The second kappa shape index (κ2) is 6.19. The number of rotatable bonds is 7. The third-order valence-corrected chi connectivity index (χ3v) is 4.02. The van der Waals surface area contributed by atoms with Crippen LogP contribution in [-0.4, -0.2) is 37.6 Å². The zero-order valence-electron chi connectivity index (χ0n) is 12.6. The van der Waals surface area contributed by atoms with Gasteiger partial charge in [0.05, 0.1) is 0 Å². The SMILES string of the molecule is CCCC(C)(CNCC)CN1CCC(C)(C)C1. The number of hydrogen-bond acceptors (Lipinski definition) is 2. The molecule has 1 rings (SSSR count). The molecule has 1 fully saturated rings. The maximum Gasteiger partial charge on any atom is 0.00477 e. The Bertz CT molecular complexity index is 225. The average molecular weight is 240 g/mol. The molecule has 0 aromatic carbocycles. The number of nitrogens with one attached hydrogen (secondary N) is 1. The van der Waals surface area contributed by atoms with E-state index < -0.39 is 0 Å². The van der Waals surface area contributed by atoms with Crippen molar-refractivity contribution in [2.75, 3.05) is 32.7 Å². The Morgan fingerprint density at radius 3 is 2.47 bits per heavy atom. The van der Waals surface area contributed by atoms with Crippen molar-refractivity contribution < 1.29 is 0 Å². The highest BCUT2D eigenvalue weighted by atomic mass is 15.2. The van der Waals surface area contributed by atoms with Gasteiger partial charge in [-0.2, -0.15) is 0 Å². The van der Waals surface area contributed by atoms with E-state index in [0.29, 0.717) is 10.8 Å². The van der Waals surface area contributed by atoms with E-state index in [2.05, 4.69) is 44.8 Å². The van der Waals surface area contributed by atoms with Gasteiger partial charge in [-0.1, -0.05) is 41.0 Å². The zero-order valence-corrected chi connectivity index (χ0v) is 12.6. The predicted octanol–water partition coefficient (Wildman–Crippen LogP) is 3.13. The van der Waals surface area contributed by atoms with Crippen LogP contribution in [0.4, 0.5) is 0 Å². The van der Waals surface area contributed by atoms with Crippen molar-refractivity contribution in [3.8, 4) is 0 Å². The fourth-order valence-electron chi connectivity index (χ4n) is 3.15. The maximum atomic E-state index is 3.54. The first-order chi connectivity index (χ1) is 7.91. The first kappa shape index (κ1) is 15.0. The Kier molecular flexibility index (Phi) is 5.46. The third-order valence-electron chi connectivity index (χ3n) is 4.02. The second-order valence-corrected chi connectivity index (χ2v) is 6.97. The smallest absolute Gasteiger partial charge is 0.00477 e. The van der Waals surface area contributed by atoms with E-state index in [4.69, 9.17) is 0 Å². The molecule has 2 heteroatoms. The summed E-state index contributed by atoms with van der Waals surface area (Å²) >= 11 is 0. The van der Waals surface area contributed by atoms with Gasteiger partial charge in [-0.3, -0.25) is 0 Å². The van der Waals surface area contributed by atoms with Gasteiger partial charge < -0.3 is 10.2 Å². The summed E-state index contributed by atoms with van der Waals surface area (Å²) in [5.74, 6) is 0. The molecular formula is C15H32N2. The lowest BCUT2D eigenvalue weighted by atomic mass is 9.84. The molecule has 0 spiro atoms. The van der Waals surface area contributed by atoms with Crippen LogP contribution < -0.4 is 5.32 Å². The Balaban J connectivity index is 2.48. The molecule has 1 N–H and O–H groups in total. The van der Waals surface area contributed by atoms with Gasteiger partial charge in [-0.15, -0.1) is 0 Å². The molecule has 0 aromatic rings. The summed E-state index contributed by atoms with van der Waals surface area (Å²) in [6.07, 6.45) is 3.98. The van der Waals surface area contributed by atoms with Crippen LogP contribution in [0.5, 0.6) is 0 Å². The van der Waals surface area contributed by atoms with E-state index in [9.17, 15) is 0 Å². The quantitative estimate of drug-likeness (QED) is 0.735. The monoisotopic (exact) mass is 240 g/mol. The lowest BCUT2D eigenvalue weighted by Crippen LogP contribution is -2.42. The summed E-state index contributed by atoms with van der Waals surface area (Å²) in [4.78, 5) is 2.67. The minimum absolute atomic E-state index is 0.450. The van der Waals surface area contributed by atoms with E-state index in [-0.39, 0.29) is 0 Å². The van der Waals surface area contributed by atoms with E-state index in [0.717, 1.165) is 13.1 Å². The summed E-state index contributed by atoms with van der Waals surface area (Å²) in [7, 11) is 0. The van der Waals surface area contributed by atoms with Crippen molar-refractivity contribution in [1.29, 1.82) is 0 Å². The molecule has 102 valence electrons. The van der Waals surface area contributed by atoms with E-state index in [1.807, 2.05) is 0 Å². The molecule has 0 radical (unpaired) electrons. The van der Waals surface area contributed by atoms with Gasteiger partial charge in [-0.05, 0) is 36.8 Å². The molecule has 0 amide bonds. The lowest BCUT2D eigenvalue weighted by molar-refractivity contribution is 0.162. The number of likely N-dealkylation sites (tertiary alicyclic amines) is 1. The molecular weight excluding hydrogens is 208 g/mol. The largest absolute Gasteiger partial charge is 0.316 e. The van der Waals surface area contributed by atoms with Crippen molar-refractivity contribution >= 4 is 0 Å². The first-order valence-electron chi connectivity index (χ1n) is 7.34. The fourth-order valence-corrected chi connectivity index (χ4v) is 3.15. The summed E-state index contributed by atoms with van der Waals surface area (Å²) in [5, 5.41) is 3.54. The zero-order chi connectivity index (χ0) is 12.9. The highest BCUT2D eigenvalue weighted by Crippen LogP contribution is 2.32. The third kappa shape index (κ3) is 4.97.